The van der Waals surface area contributed by atoms with Gasteiger partial charge in [-0.3, -0.25) is 4.79 Å². The van der Waals surface area contributed by atoms with Crippen LogP contribution in [-0.4, -0.2) is 23.4 Å². The molecule has 0 saturated carbocycles. The molecule has 154 valence electrons. The van der Waals surface area contributed by atoms with E-state index >= 15 is 0 Å². The van der Waals surface area contributed by atoms with E-state index < -0.39 is 0 Å². The number of carbonyl (C=O) groups excluding carboxylic acids is 1. The van der Waals surface area contributed by atoms with Gasteiger partial charge in [0.2, 0.25) is 6.79 Å². The number of hydrogen-bond acceptors (Lipinski definition) is 6. The van der Waals surface area contributed by atoms with Crippen LogP contribution < -0.4 is 14.9 Å². The topological polar surface area (TPSA) is 72.8 Å². The number of benzene rings is 2. The molecule has 2 aromatic heterocycles. The molecule has 0 spiro atoms. The quantitative estimate of drug-likeness (QED) is 0.356. The molecule has 4 aromatic rings. The number of ether oxygens (including phenoxy) is 2. The van der Waals surface area contributed by atoms with Crippen LogP contribution in [0.3, 0.4) is 0 Å². The molecule has 0 unspecified atom stereocenters. The van der Waals surface area contributed by atoms with Crippen LogP contribution >= 0.6 is 11.3 Å². The molecule has 2 aromatic carbocycles. The molecule has 0 atom stereocenters. The summed E-state index contributed by atoms with van der Waals surface area (Å²) in [6.45, 7) is 2.13. The van der Waals surface area contributed by atoms with E-state index in [9.17, 15) is 4.79 Å². The Bertz CT molecular complexity index is 1300. The Hall–Kier alpha value is -3.71. The van der Waals surface area contributed by atoms with Gasteiger partial charge in [-0.15, -0.1) is 11.3 Å². The number of hydrogen-bond donors (Lipinski definition) is 1. The Kier molecular flexibility index (Phi) is 5.09. The third kappa shape index (κ3) is 4.00. The highest BCUT2D eigenvalue weighted by atomic mass is 32.1. The molecule has 6 nitrogen and oxygen atoms in total. The van der Waals surface area contributed by atoms with Crippen LogP contribution in [0.1, 0.15) is 22.8 Å². The molecule has 5 rings (SSSR count). The molecular weight excluding hydrogens is 410 g/mol. The highest BCUT2D eigenvalue weighted by Crippen LogP contribution is 2.32. The highest BCUT2D eigenvalue weighted by molar-refractivity contribution is 7.13. The smallest absolute Gasteiger partial charge is 0.272 e. The number of aromatic nitrogens is 1. The molecule has 0 radical (unpaired) electrons. The highest BCUT2D eigenvalue weighted by Gasteiger charge is 2.15. The fourth-order valence-corrected chi connectivity index (χ4v) is 4.19. The maximum Gasteiger partial charge on any atom is 0.272 e. The largest absolute Gasteiger partial charge is 0.454 e. The van der Waals surface area contributed by atoms with Crippen LogP contribution in [0.4, 0.5) is 0 Å². The third-order valence-electron chi connectivity index (χ3n) is 4.98. The number of hydrazone groups is 1. The van der Waals surface area contributed by atoms with Crippen molar-refractivity contribution in [2.24, 2.45) is 5.10 Å². The van der Waals surface area contributed by atoms with Gasteiger partial charge < -0.3 is 9.47 Å². The lowest BCUT2D eigenvalue weighted by atomic mass is 10.1. The van der Waals surface area contributed by atoms with Crippen molar-refractivity contribution in [2.45, 2.75) is 13.3 Å². The summed E-state index contributed by atoms with van der Waals surface area (Å²) in [5, 5.41) is 7.11. The van der Waals surface area contributed by atoms with E-state index in [2.05, 4.69) is 10.5 Å². The molecule has 31 heavy (non-hydrogen) atoms. The number of nitrogens with one attached hydrogen (secondary N) is 1. The average molecular weight is 430 g/mol. The Morgan fingerprint density at radius 3 is 2.84 bits per heavy atom. The van der Waals surface area contributed by atoms with Crippen molar-refractivity contribution < 1.29 is 14.3 Å². The van der Waals surface area contributed by atoms with Crippen LogP contribution in [0, 0.1) is 0 Å². The second-order valence-corrected chi connectivity index (χ2v) is 8.15. The third-order valence-corrected chi connectivity index (χ3v) is 5.87. The van der Waals surface area contributed by atoms with Gasteiger partial charge in [0.25, 0.3) is 5.91 Å². The van der Waals surface area contributed by atoms with E-state index in [0.29, 0.717) is 12.0 Å². The summed E-state index contributed by atoms with van der Waals surface area (Å²) in [5.41, 5.74) is 6.63. The Labute approximate surface area is 183 Å². The van der Waals surface area contributed by atoms with Gasteiger partial charge in [-0.1, -0.05) is 30.3 Å². The minimum absolute atomic E-state index is 0.245. The first-order chi connectivity index (χ1) is 15.2. The summed E-state index contributed by atoms with van der Waals surface area (Å²) in [5.74, 6) is 1.22. The summed E-state index contributed by atoms with van der Waals surface area (Å²) in [6.07, 6.45) is 0.592. The van der Waals surface area contributed by atoms with Gasteiger partial charge in [-0.2, -0.15) is 5.10 Å². The minimum Gasteiger partial charge on any atom is -0.454 e. The monoisotopic (exact) mass is 429 g/mol. The molecule has 0 bridgehead atoms. The number of pyridine rings is 1. The maximum absolute atomic E-state index is 13.0. The molecule has 0 saturated heterocycles. The minimum atomic E-state index is -0.263. The van der Waals surface area contributed by atoms with E-state index in [0.717, 1.165) is 44.2 Å². The molecule has 7 heteroatoms. The van der Waals surface area contributed by atoms with Gasteiger partial charge in [0.1, 0.15) is 0 Å². The summed E-state index contributed by atoms with van der Waals surface area (Å²) in [4.78, 5) is 18.7. The van der Waals surface area contributed by atoms with Gasteiger partial charge >= 0.3 is 0 Å². The van der Waals surface area contributed by atoms with Crippen LogP contribution in [-0.2, 0) is 6.42 Å². The SMILES string of the molecule is C/C(Cc1ccc2c(c1)OCO2)=N\NC(=O)c1cc(-c2cccs2)nc2ccccc12. The Balaban J connectivity index is 1.38. The van der Waals surface area contributed by atoms with Crippen molar-refractivity contribution in [3.05, 3.63) is 77.2 Å². The predicted octanol–water partition coefficient (Wildman–Crippen LogP) is 5.04. The molecule has 1 N–H and O–H groups in total. The van der Waals surface area contributed by atoms with Crippen LogP contribution in [0.15, 0.2) is 71.1 Å². The number of para-hydroxylation sites is 1. The van der Waals surface area contributed by atoms with E-state index in [1.54, 1.807) is 11.3 Å². The average Bonchev–Trinajstić information content (AvgIpc) is 3.48. The number of rotatable bonds is 5. The van der Waals surface area contributed by atoms with Gasteiger partial charge in [-0.25, -0.2) is 10.4 Å². The van der Waals surface area contributed by atoms with Crippen molar-refractivity contribution in [1.29, 1.82) is 0 Å². The van der Waals surface area contributed by atoms with E-state index in [4.69, 9.17) is 14.5 Å². The van der Waals surface area contributed by atoms with Crippen molar-refractivity contribution in [2.75, 3.05) is 6.79 Å². The second kappa shape index (κ2) is 8.20. The number of carbonyl (C=O) groups is 1. The van der Waals surface area contributed by atoms with Crippen LogP contribution in [0.25, 0.3) is 21.5 Å². The molecule has 1 aliphatic heterocycles. The molecule has 1 amide bonds. The van der Waals surface area contributed by atoms with Crippen molar-refractivity contribution in [3.8, 4) is 22.1 Å². The molecule has 0 aliphatic carbocycles. The number of fused-ring (bicyclic) bond motifs is 2. The van der Waals surface area contributed by atoms with Crippen LogP contribution in [0.2, 0.25) is 0 Å². The summed E-state index contributed by atoms with van der Waals surface area (Å²) < 4.78 is 10.8. The normalized spacial score (nSPS) is 12.9. The standard InChI is InChI=1S/C24H19N3O3S/c1-15(11-16-8-9-21-22(12-16)30-14-29-21)26-27-24(28)18-13-20(23-7-4-10-31-23)25-19-6-3-2-5-17(18)19/h2-10,12-13H,11,14H2,1H3,(H,27,28)/b26-15+. The van der Waals surface area contributed by atoms with Crippen LogP contribution in [0.5, 0.6) is 11.5 Å². The zero-order valence-electron chi connectivity index (χ0n) is 16.8. The van der Waals surface area contributed by atoms with Crippen molar-refractivity contribution >= 4 is 33.9 Å². The zero-order chi connectivity index (χ0) is 21.2. The first-order valence-electron chi connectivity index (χ1n) is 9.83. The maximum atomic E-state index is 13.0. The summed E-state index contributed by atoms with van der Waals surface area (Å²) >= 11 is 1.59. The van der Waals surface area contributed by atoms with E-state index in [1.165, 1.54) is 0 Å². The summed E-state index contributed by atoms with van der Waals surface area (Å²) in [6, 6.07) is 19.2. The van der Waals surface area contributed by atoms with Gasteiger partial charge in [0.05, 0.1) is 21.7 Å². The predicted molar refractivity (Wildman–Crippen MR) is 122 cm³/mol. The lowest BCUT2D eigenvalue weighted by molar-refractivity contribution is 0.0956. The molecule has 0 fully saturated rings. The van der Waals surface area contributed by atoms with Crippen molar-refractivity contribution in [1.82, 2.24) is 10.4 Å². The first-order valence-corrected chi connectivity index (χ1v) is 10.7. The number of amides is 1. The second-order valence-electron chi connectivity index (χ2n) is 7.20. The number of nitrogens with zero attached hydrogens (tertiary/aromatic N) is 2. The Morgan fingerprint density at radius 2 is 1.97 bits per heavy atom. The number of thiophene rings is 1. The molecular formula is C24H19N3O3S. The molecule has 3 heterocycles. The van der Waals surface area contributed by atoms with E-state index in [-0.39, 0.29) is 12.7 Å². The van der Waals surface area contributed by atoms with E-state index in [1.807, 2.05) is 73.0 Å². The first kappa shape index (κ1) is 19.3. The zero-order valence-corrected chi connectivity index (χ0v) is 17.6. The Morgan fingerprint density at radius 1 is 1.10 bits per heavy atom. The van der Waals surface area contributed by atoms with Gasteiger partial charge in [-0.05, 0) is 48.2 Å². The van der Waals surface area contributed by atoms with Gasteiger partial charge in [0, 0.05) is 17.5 Å². The molecule has 1 aliphatic rings. The lowest BCUT2D eigenvalue weighted by Crippen LogP contribution is -2.20. The fraction of sp³-hybridized carbons (Fsp3) is 0.125. The van der Waals surface area contributed by atoms with Crippen molar-refractivity contribution in [3.63, 3.8) is 0 Å². The fourth-order valence-electron chi connectivity index (χ4n) is 3.51. The van der Waals surface area contributed by atoms with Gasteiger partial charge in [0.15, 0.2) is 11.5 Å². The summed E-state index contributed by atoms with van der Waals surface area (Å²) in [7, 11) is 0. The lowest BCUT2D eigenvalue weighted by Gasteiger charge is -2.09.